The van der Waals surface area contributed by atoms with Gasteiger partial charge < -0.3 is 14.7 Å². The molecule has 0 aliphatic rings. The molecule has 0 aliphatic carbocycles. The van der Waals surface area contributed by atoms with Crippen molar-refractivity contribution in [2.45, 2.75) is 39.4 Å². The number of furan rings is 1. The summed E-state index contributed by atoms with van der Waals surface area (Å²) in [5.74, 6) is -0.188. The minimum absolute atomic E-state index is 0.0605. The van der Waals surface area contributed by atoms with Gasteiger partial charge in [0.2, 0.25) is 5.91 Å². The molecular weight excluding hydrogens is 456 g/mol. The summed E-state index contributed by atoms with van der Waals surface area (Å²) in [6.07, 6.45) is 4.53. The van der Waals surface area contributed by atoms with Gasteiger partial charge in [0, 0.05) is 35.8 Å². The van der Waals surface area contributed by atoms with Gasteiger partial charge in [0.25, 0.3) is 11.2 Å². The number of aromatic amines is 1. The van der Waals surface area contributed by atoms with Gasteiger partial charge in [0.05, 0.1) is 17.7 Å². The number of non-ortho nitro benzene ring substituents is 1. The SMILES string of the molecule is CCCCn1c(N)c(N(Cc2ccco2)C(=O)Cn2ccc3cc([N+](=O)[O-])ccc32)c(=O)[nH]c1=O. The lowest BCUT2D eigenvalue weighted by Gasteiger charge is -2.24. The van der Waals surface area contributed by atoms with Crippen LogP contribution in [0.3, 0.4) is 0 Å². The van der Waals surface area contributed by atoms with Crippen molar-refractivity contribution in [3.8, 4) is 0 Å². The van der Waals surface area contributed by atoms with Crippen molar-refractivity contribution in [3.63, 3.8) is 0 Å². The van der Waals surface area contributed by atoms with Gasteiger partial charge in [-0.3, -0.25) is 34.2 Å². The van der Waals surface area contributed by atoms with Gasteiger partial charge in [-0.25, -0.2) is 4.79 Å². The van der Waals surface area contributed by atoms with Crippen molar-refractivity contribution < 1.29 is 14.1 Å². The molecule has 4 aromatic rings. The van der Waals surface area contributed by atoms with E-state index in [9.17, 15) is 24.5 Å². The van der Waals surface area contributed by atoms with Gasteiger partial charge in [0.15, 0.2) is 5.69 Å². The number of fused-ring (bicyclic) bond motifs is 1. The molecule has 0 saturated heterocycles. The van der Waals surface area contributed by atoms with Gasteiger partial charge in [-0.2, -0.15) is 0 Å². The molecule has 182 valence electrons. The number of nitrogens with zero attached hydrogens (tertiary/aromatic N) is 4. The molecule has 0 saturated carbocycles. The highest BCUT2D eigenvalue weighted by atomic mass is 16.6. The van der Waals surface area contributed by atoms with Gasteiger partial charge in [0.1, 0.15) is 18.1 Å². The van der Waals surface area contributed by atoms with Crippen molar-refractivity contribution in [2.24, 2.45) is 0 Å². The van der Waals surface area contributed by atoms with E-state index in [0.717, 1.165) is 6.42 Å². The summed E-state index contributed by atoms with van der Waals surface area (Å²) in [5.41, 5.74) is 5.22. The Labute approximate surface area is 198 Å². The molecule has 3 aromatic heterocycles. The maximum absolute atomic E-state index is 13.5. The zero-order valence-electron chi connectivity index (χ0n) is 19.0. The van der Waals surface area contributed by atoms with Gasteiger partial charge in [-0.15, -0.1) is 0 Å². The number of carbonyl (C=O) groups excluding carboxylic acids is 1. The Morgan fingerprint density at radius 2 is 2.06 bits per heavy atom. The lowest BCUT2D eigenvalue weighted by Crippen LogP contribution is -2.42. The van der Waals surface area contributed by atoms with Gasteiger partial charge in [-0.05, 0) is 30.7 Å². The topological polar surface area (TPSA) is 162 Å². The fourth-order valence-electron chi connectivity index (χ4n) is 3.90. The van der Waals surface area contributed by atoms with Crippen molar-refractivity contribution in [1.29, 1.82) is 0 Å². The fraction of sp³-hybridized carbons (Fsp3) is 0.261. The monoisotopic (exact) mass is 480 g/mol. The first-order valence-electron chi connectivity index (χ1n) is 11.0. The lowest BCUT2D eigenvalue weighted by molar-refractivity contribution is -0.384. The Morgan fingerprint density at radius 3 is 2.74 bits per heavy atom. The Morgan fingerprint density at radius 1 is 1.26 bits per heavy atom. The first-order valence-corrected chi connectivity index (χ1v) is 11.0. The summed E-state index contributed by atoms with van der Waals surface area (Å²) in [5, 5.41) is 11.7. The first kappa shape index (κ1) is 23.5. The molecule has 0 fully saturated rings. The Kier molecular flexibility index (Phi) is 6.53. The van der Waals surface area contributed by atoms with Crippen LogP contribution in [0.1, 0.15) is 25.5 Å². The number of hydrogen-bond acceptors (Lipinski definition) is 7. The number of nitro groups is 1. The number of amides is 1. The van der Waals surface area contributed by atoms with Crippen LogP contribution in [0.4, 0.5) is 17.2 Å². The number of nitrogens with one attached hydrogen (secondary N) is 1. The average molecular weight is 480 g/mol. The molecule has 0 atom stereocenters. The molecule has 3 heterocycles. The van der Waals surface area contributed by atoms with Gasteiger partial charge in [-0.1, -0.05) is 13.3 Å². The molecule has 12 nitrogen and oxygen atoms in total. The molecule has 1 amide bonds. The average Bonchev–Trinajstić information content (AvgIpc) is 3.47. The van der Waals surface area contributed by atoms with E-state index in [1.165, 1.54) is 27.9 Å². The number of nitro benzene ring substituents is 1. The number of carbonyl (C=O) groups is 1. The second-order valence-corrected chi connectivity index (χ2v) is 8.00. The Balaban J connectivity index is 1.75. The van der Waals surface area contributed by atoms with E-state index in [-0.39, 0.29) is 36.8 Å². The summed E-state index contributed by atoms with van der Waals surface area (Å²) in [7, 11) is 0. The smallest absolute Gasteiger partial charge is 0.330 e. The number of anilines is 2. The minimum Gasteiger partial charge on any atom is -0.467 e. The number of H-pyrrole nitrogens is 1. The first-order chi connectivity index (χ1) is 16.8. The minimum atomic E-state index is -0.784. The molecule has 3 N–H and O–H groups in total. The van der Waals surface area contributed by atoms with Crippen LogP contribution < -0.4 is 21.9 Å². The molecular formula is C23H24N6O6. The maximum atomic E-state index is 13.5. The van der Waals surface area contributed by atoms with Crippen LogP contribution in [0.15, 0.2) is 62.9 Å². The van der Waals surface area contributed by atoms with E-state index in [4.69, 9.17) is 10.2 Å². The molecule has 35 heavy (non-hydrogen) atoms. The summed E-state index contributed by atoms with van der Waals surface area (Å²) < 4.78 is 8.25. The highest BCUT2D eigenvalue weighted by Gasteiger charge is 2.26. The number of hydrogen-bond donors (Lipinski definition) is 2. The van der Waals surface area contributed by atoms with Crippen molar-refractivity contribution in [1.82, 2.24) is 14.1 Å². The van der Waals surface area contributed by atoms with Crippen LogP contribution in [0.2, 0.25) is 0 Å². The predicted molar refractivity (Wildman–Crippen MR) is 129 cm³/mol. The third-order valence-corrected chi connectivity index (χ3v) is 5.69. The van der Waals surface area contributed by atoms with Crippen LogP contribution in [0, 0.1) is 10.1 Å². The summed E-state index contributed by atoms with van der Waals surface area (Å²) in [4.78, 5) is 52.7. The van der Waals surface area contributed by atoms with E-state index in [1.54, 1.807) is 35.0 Å². The zero-order chi connectivity index (χ0) is 25.1. The molecule has 12 heteroatoms. The van der Waals surface area contributed by atoms with E-state index in [2.05, 4.69) is 4.98 Å². The predicted octanol–water partition coefficient (Wildman–Crippen LogP) is 2.61. The van der Waals surface area contributed by atoms with Gasteiger partial charge >= 0.3 is 5.69 Å². The maximum Gasteiger partial charge on any atom is 0.330 e. The number of benzene rings is 1. The molecule has 0 spiro atoms. The van der Waals surface area contributed by atoms with Crippen LogP contribution >= 0.6 is 0 Å². The highest BCUT2D eigenvalue weighted by Crippen LogP contribution is 2.24. The Bertz CT molecular complexity index is 1500. The molecule has 4 rings (SSSR count). The van der Waals surface area contributed by atoms with Crippen LogP contribution in [-0.4, -0.2) is 24.9 Å². The fourth-order valence-corrected chi connectivity index (χ4v) is 3.90. The zero-order valence-corrected chi connectivity index (χ0v) is 19.0. The summed E-state index contributed by atoms with van der Waals surface area (Å²) in [6, 6.07) is 9.31. The van der Waals surface area contributed by atoms with Crippen LogP contribution in [0.5, 0.6) is 0 Å². The number of aromatic nitrogens is 3. The molecule has 0 aliphatic heterocycles. The van der Waals surface area contributed by atoms with Crippen LogP contribution in [0.25, 0.3) is 10.9 Å². The Hall–Kier alpha value is -4.61. The van der Waals surface area contributed by atoms with Crippen molar-refractivity contribution in [3.05, 3.63) is 85.6 Å². The molecule has 0 radical (unpaired) electrons. The third kappa shape index (κ3) is 4.71. The van der Waals surface area contributed by atoms with E-state index >= 15 is 0 Å². The van der Waals surface area contributed by atoms with Crippen LogP contribution in [-0.2, 0) is 24.4 Å². The van der Waals surface area contributed by atoms with E-state index < -0.39 is 22.1 Å². The normalized spacial score (nSPS) is 11.1. The number of unbranched alkanes of at least 4 members (excludes halogenated alkanes) is 1. The highest BCUT2D eigenvalue weighted by molar-refractivity contribution is 5.96. The number of rotatable bonds is 9. The molecule has 0 bridgehead atoms. The summed E-state index contributed by atoms with van der Waals surface area (Å²) in [6.45, 7) is 1.97. The standard InChI is InChI=1S/C23H24N6O6/c1-2-3-9-27-21(24)20(22(31)25-23(27)32)28(13-17-5-4-11-35-17)19(30)14-26-10-8-15-12-16(29(33)34)6-7-18(15)26/h4-8,10-12H,2-3,9,13-14,24H2,1H3,(H,25,31,32). The summed E-state index contributed by atoms with van der Waals surface area (Å²) >= 11 is 0. The molecule has 1 aromatic carbocycles. The third-order valence-electron chi connectivity index (χ3n) is 5.69. The van der Waals surface area contributed by atoms with Crippen molar-refractivity contribution >= 4 is 34.0 Å². The number of nitrogen functional groups attached to an aromatic ring is 1. The molecule has 0 unspecified atom stereocenters. The second-order valence-electron chi connectivity index (χ2n) is 8.00. The van der Waals surface area contributed by atoms with E-state index in [0.29, 0.717) is 23.1 Å². The lowest BCUT2D eigenvalue weighted by atomic mass is 10.2. The van der Waals surface area contributed by atoms with E-state index in [1.807, 2.05) is 6.92 Å². The number of nitrogens with two attached hydrogens (primary N) is 1. The quantitative estimate of drug-likeness (QED) is 0.275. The second kappa shape index (κ2) is 9.71. The van der Waals surface area contributed by atoms with Crippen molar-refractivity contribution in [2.75, 3.05) is 10.6 Å². The largest absolute Gasteiger partial charge is 0.467 e.